The summed E-state index contributed by atoms with van der Waals surface area (Å²) in [6.07, 6.45) is 0. The topological polar surface area (TPSA) is 0 Å². The zero-order valence-corrected chi connectivity index (χ0v) is 11.5. The SMILES string of the molecule is Cc1cc(C)c(C(C)(C)C)c(C)c1Br. The highest BCUT2D eigenvalue weighted by molar-refractivity contribution is 9.10. The summed E-state index contributed by atoms with van der Waals surface area (Å²) in [6, 6.07) is 2.26. The largest absolute Gasteiger partial charge is 0.0561 e. The minimum absolute atomic E-state index is 0.227. The van der Waals surface area contributed by atoms with Crippen LogP contribution >= 0.6 is 15.9 Å². The second-order valence-corrected chi connectivity index (χ2v) is 5.87. The number of hydrogen-bond acceptors (Lipinski definition) is 0. The molecule has 78 valence electrons. The third kappa shape index (κ3) is 2.03. The van der Waals surface area contributed by atoms with Crippen molar-refractivity contribution in [2.45, 2.75) is 47.0 Å². The third-order valence-electron chi connectivity index (χ3n) is 2.63. The Kier molecular flexibility index (Phi) is 3.10. The van der Waals surface area contributed by atoms with Gasteiger partial charge in [-0.05, 0) is 48.4 Å². The summed E-state index contributed by atoms with van der Waals surface area (Å²) in [5.74, 6) is 0. The van der Waals surface area contributed by atoms with E-state index in [9.17, 15) is 0 Å². The molecule has 0 saturated heterocycles. The summed E-state index contributed by atoms with van der Waals surface area (Å²) in [4.78, 5) is 0. The molecule has 0 aliphatic heterocycles. The van der Waals surface area contributed by atoms with E-state index in [0.717, 1.165) is 0 Å². The van der Waals surface area contributed by atoms with Crippen LogP contribution in [0.1, 0.15) is 43.0 Å². The normalized spacial score (nSPS) is 11.9. The Morgan fingerprint density at radius 1 is 1.00 bits per heavy atom. The first-order valence-corrected chi connectivity index (χ1v) is 5.81. The number of hydrogen-bond donors (Lipinski definition) is 0. The van der Waals surface area contributed by atoms with Gasteiger partial charge in [0.2, 0.25) is 0 Å². The molecular formula is C13H19Br. The monoisotopic (exact) mass is 254 g/mol. The smallest absolute Gasteiger partial charge is 0.0236 e. The molecule has 0 fully saturated rings. The summed E-state index contributed by atoms with van der Waals surface area (Å²) >= 11 is 3.66. The molecule has 0 amide bonds. The van der Waals surface area contributed by atoms with Crippen LogP contribution in [-0.4, -0.2) is 0 Å². The molecule has 0 saturated carbocycles. The van der Waals surface area contributed by atoms with Crippen molar-refractivity contribution >= 4 is 15.9 Å². The zero-order chi connectivity index (χ0) is 11.1. The van der Waals surface area contributed by atoms with Gasteiger partial charge in [0, 0.05) is 4.47 Å². The van der Waals surface area contributed by atoms with E-state index >= 15 is 0 Å². The predicted molar refractivity (Wildman–Crippen MR) is 67.1 cm³/mol. The standard InChI is InChI=1S/C13H19Br/c1-8-7-9(2)12(14)10(3)11(8)13(4,5)6/h7H,1-6H3. The number of halogens is 1. The van der Waals surface area contributed by atoms with E-state index < -0.39 is 0 Å². The lowest BCUT2D eigenvalue weighted by molar-refractivity contribution is 0.581. The van der Waals surface area contributed by atoms with Gasteiger partial charge in [-0.1, -0.05) is 42.8 Å². The molecule has 14 heavy (non-hydrogen) atoms. The maximum absolute atomic E-state index is 3.66. The molecule has 1 rings (SSSR count). The second-order valence-electron chi connectivity index (χ2n) is 5.07. The average molecular weight is 255 g/mol. The second kappa shape index (κ2) is 3.69. The zero-order valence-electron chi connectivity index (χ0n) is 9.96. The summed E-state index contributed by atoms with van der Waals surface area (Å²) in [7, 11) is 0. The molecule has 0 N–H and O–H groups in total. The molecule has 0 heterocycles. The molecule has 0 aromatic heterocycles. The maximum Gasteiger partial charge on any atom is 0.0236 e. The van der Waals surface area contributed by atoms with Crippen molar-refractivity contribution in [3.05, 3.63) is 32.8 Å². The van der Waals surface area contributed by atoms with Gasteiger partial charge in [0.05, 0.1) is 0 Å². The van der Waals surface area contributed by atoms with E-state index in [1.54, 1.807) is 0 Å². The number of rotatable bonds is 0. The lowest BCUT2D eigenvalue weighted by Crippen LogP contribution is -2.15. The highest BCUT2D eigenvalue weighted by atomic mass is 79.9. The molecule has 0 atom stereocenters. The maximum atomic E-state index is 3.66. The van der Waals surface area contributed by atoms with Crippen molar-refractivity contribution in [2.24, 2.45) is 0 Å². The summed E-state index contributed by atoms with van der Waals surface area (Å²) < 4.78 is 1.26. The van der Waals surface area contributed by atoms with Crippen LogP contribution in [-0.2, 0) is 5.41 Å². The van der Waals surface area contributed by atoms with Crippen molar-refractivity contribution in [3.8, 4) is 0 Å². The van der Waals surface area contributed by atoms with Crippen LogP contribution in [0, 0.1) is 20.8 Å². The minimum Gasteiger partial charge on any atom is -0.0561 e. The Labute approximate surface area is 95.9 Å². The summed E-state index contributed by atoms with van der Waals surface area (Å²) in [5.41, 5.74) is 5.80. The van der Waals surface area contributed by atoms with E-state index in [1.807, 2.05) is 0 Å². The first kappa shape index (κ1) is 11.8. The lowest BCUT2D eigenvalue weighted by atomic mass is 9.80. The van der Waals surface area contributed by atoms with Crippen LogP contribution in [0.5, 0.6) is 0 Å². The quantitative estimate of drug-likeness (QED) is 0.631. The molecule has 0 aliphatic carbocycles. The van der Waals surface area contributed by atoms with Crippen LogP contribution < -0.4 is 0 Å². The number of aryl methyl sites for hydroxylation is 2. The van der Waals surface area contributed by atoms with Crippen molar-refractivity contribution < 1.29 is 0 Å². The molecule has 0 aliphatic rings. The molecule has 0 nitrogen and oxygen atoms in total. The first-order valence-electron chi connectivity index (χ1n) is 5.02. The fourth-order valence-electron chi connectivity index (χ4n) is 2.32. The molecular weight excluding hydrogens is 236 g/mol. The molecule has 1 aromatic rings. The van der Waals surface area contributed by atoms with Gasteiger partial charge in [-0.2, -0.15) is 0 Å². The fraction of sp³-hybridized carbons (Fsp3) is 0.538. The summed E-state index contributed by atoms with van der Waals surface area (Å²) in [5, 5.41) is 0. The molecule has 0 radical (unpaired) electrons. The van der Waals surface area contributed by atoms with Crippen molar-refractivity contribution in [3.63, 3.8) is 0 Å². The molecule has 0 spiro atoms. The van der Waals surface area contributed by atoms with Gasteiger partial charge in [-0.25, -0.2) is 0 Å². The van der Waals surface area contributed by atoms with E-state index in [-0.39, 0.29) is 5.41 Å². The number of benzene rings is 1. The Balaban J connectivity index is 3.53. The van der Waals surface area contributed by atoms with Gasteiger partial charge in [-0.3, -0.25) is 0 Å². The van der Waals surface area contributed by atoms with Crippen molar-refractivity contribution in [2.75, 3.05) is 0 Å². The molecule has 0 bridgehead atoms. The Morgan fingerprint density at radius 3 is 1.93 bits per heavy atom. The van der Waals surface area contributed by atoms with Crippen LogP contribution in [0.2, 0.25) is 0 Å². The highest BCUT2D eigenvalue weighted by Gasteiger charge is 2.20. The first-order chi connectivity index (χ1) is 6.25. The molecule has 1 aromatic carbocycles. The average Bonchev–Trinajstić information content (AvgIpc) is 1.97. The van der Waals surface area contributed by atoms with Gasteiger partial charge in [0.1, 0.15) is 0 Å². The van der Waals surface area contributed by atoms with E-state index in [1.165, 1.54) is 26.7 Å². The Morgan fingerprint density at radius 2 is 1.50 bits per heavy atom. The lowest BCUT2D eigenvalue weighted by Gasteiger charge is -2.25. The van der Waals surface area contributed by atoms with E-state index in [2.05, 4.69) is 63.5 Å². The highest BCUT2D eigenvalue weighted by Crippen LogP contribution is 2.34. The van der Waals surface area contributed by atoms with Crippen LogP contribution in [0.4, 0.5) is 0 Å². The van der Waals surface area contributed by atoms with Gasteiger partial charge < -0.3 is 0 Å². The van der Waals surface area contributed by atoms with E-state index in [4.69, 9.17) is 0 Å². The third-order valence-corrected chi connectivity index (χ3v) is 3.85. The van der Waals surface area contributed by atoms with E-state index in [0.29, 0.717) is 0 Å². The van der Waals surface area contributed by atoms with Crippen LogP contribution in [0.3, 0.4) is 0 Å². The predicted octanol–water partition coefficient (Wildman–Crippen LogP) is 4.67. The molecule has 1 heteroatoms. The van der Waals surface area contributed by atoms with Gasteiger partial charge in [0.25, 0.3) is 0 Å². The van der Waals surface area contributed by atoms with Crippen LogP contribution in [0.25, 0.3) is 0 Å². The van der Waals surface area contributed by atoms with Crippen molar-refractivity contribution in [1.29, 1.82) is 0 Å². The van der Waals surface area contributed by atoms with Crippen LogP contribution in [0.15, 0.2) is 10.5 Å². The van der Waals surface area contributed by atoms with Gasteiger partial charge in [-0.15, -0.1) is 0 Å². The summed E-state index contributed by atoms with van der Waals surface area (Å²) in [6.45, 7) is 13.4. The minimum atomic E-state index is 0.227. The van der Waals surface area contributed by atoms with Crippen molar-refractivity contribution in [1.82, 2.24) is 0 Å². The Hall–Kier alpha value is -0.300. The van der Waals surface area contributed by atoms with Gasteiger partial charge >= 0.3 is 0 Å². The van der Waals surface area contributed by atoms with Gasteiger partial charge in [0.15, 0.2) is 0 Å². The molecule has 0 unspecified atom stereocenters. The Bertz CT molecular complexity index is 356. The fourth-order valence-corrected chi connectivity index (χ4v) is 2.63.